The van der Waals surface area contributed by atoms with Crippen molar-refractivity contribution < 1.29 is 27.6 Å². The van der Waals surface area contributed by atoms with E-state index in [0.717, 1.165) is 17.8 Å². The Morgan fingerprint density at radius 1 is 0.946 bits per heavy atom. The summed E-state index contributed by atoms with van der Waals surface area (Å²) in [5.74, 6) is -0.620. The fraction of sp³-hybridized carbons (Fsp3) is 0.444. The third-order valence-electron chi connectivity index (χ3n) is 7.36. The van der Waals surface area contributed by atoms with Crippen LogP contribution in [0.25, 0.3) is 0 Å². The molecule has 2 fully saturated rings. The van der Waals surface area contributed by atoms with Crippen LogP contribution in [-0.2, 0) is 15.8 Å². The number of carbonyl (C=O) groups excluding carboxylic acids is 3. The zero-order valence-corrected chi connectivity index (χ0v) is 21.0. The van der Waals surface area contributed by atoms with Crippen molar-refractivity contribution in [1.82, 2.24) is 14.7 Å². The van der Waals surface area contributed by atoms with Gasteiger partial charge in [0.2, 0.25) is 5.91 Å². The second kappa shape index (κ2) is 10.4. The molecule has 3 amide bonds. The number of alkyl halides is 3. The van der Waals surface area contributed by atoms with Crippen molar-refractivity contribution in [3.05, 3.63) is 65.7 Å². The highest BCUT2D eigenvalue weighted by Crippen LogP contribution is 2.40. The third kappa shape index (κ3) is 5.14. The van der Waals surface area contributed by atoms with Gasteiger partial charge in [0, 0.05) is 37.4 Å². The first-order chi connectivity index (χ1) is 17.6. The largest absolute Gasteiger partial charge is 0.416 e. The molecular formula is C27H31F3N4O3. The molecule has 1 spiro atoms. The summed E-state index contributed by atoms with van der Waals surface area (Å²) >= 11 is 0. The molecule has 2 saturated heterocycles. The highest BCUT2D eigenvalue weighted by molar-refractivity contribution is 5.97. The number of hydrogen-bond donors (Lipinski definition) is 0. The summed E-state index contributed by atoms with van der Waals surface area (Å²) in [7, 11) is 0. The number of benzene rings is 2. The average molecular weight is 517 g/mol. The molecule has 0 saturated carbocycles. The smallest absolute Gasteiger partial charge is 0.342 e. The standard InChI is InChI=1S/C27H31F3N4O3/c1-3-31(4-2)23(35)18-33-19-34(22-8-6-5-7-9-22)26(25(33)37)14-16-32(17-15-26)24(36)20-10-12-21(13-11-20)27(28,29)30/h5-13H,3-4,14-19H2,1-2H3. The zero-order valence-electron chi connectivity index (χ0n) is 21.0. The van der Waals surface area contributed by atoms with Gasteiger partial charge in [0.1, 0.15) is 12.1 Å². The van der Waals surface area contributed by atoms with Crippen molar-refractivity contribution in [2.75, 3.05) is 44.3 Å². The molecule has 2 aromatic carbocycles. The van der Waals surface area contributed by atoms with E-state index in [0.29, 0.717) is 25.9 Å². The summed E-state index contributed by atoms with van der Waals surface area (Å²) in [4.78, 5) is 46.5. The molecule has 0 N–H and O–H groups in total. The predicted molar refractivity (Wildman–Crippen MR) is 133 cm³/mol. The Balaban J connectivity index is 1.53. The lowest BCUT2D eigenvalue weighted by Crippen LogP contribution is -2.57. The van der Waals surface area contributed by atoms with Gasteiger partial charge >= 0.3 is 6.18 Å². The third-order valence-corrected chi connectivity index (χ3v) is 7.36. The molecule has 2 aliphatic heterocycles. The molecule has 0 atom stereocenters. The molecule has 4 rings (SSSR count). The maximum Gasteiger partial charge on any atom is 0.416 e. The summed E-state index contributed by atoms with van der Waals surface area (Å²) in [6, 6.07) is 13.7. The van der Waals surface area contributed by atoms with Crippen LogP contribution in [0.2, 0.25) is 0 Å². The van der Waals surface area contributed by atoms with Gasteiger partial charge in [-0.25, -0.2) is 0 Å². The Hall–Kier alpha value is -3.56. The summed E-state index contributed by atoms with van der Waals surface area (Å²) in [5.41, 5.74) is -0.679. The van der Waals surface area contributed by atoms with Gasteiger partial charge in [-0.15, -0.1) is 0 Å². The zero-order chi connectivity index (χ0) is 26.8. The van der Waals surface area contributed by atoms with Crippen LogP contribution in [0.5, 0.6) is 0 Å². The number of likely N-dealkylation sites (tertiary alicyclic amines) is 1. The van der Waals surface area contributed by atoms with E-state index in [9.17, 15) is 27.6 Å². The van der Waals surface area contributed by atoms with Crippen LogP contribution in [0.4, 0.5) is 18.9 Å². The maximum absolute atomic E-state index is 13.8. The summed E-state index contributed by atoms with van der Waals surface area (Å²) in [6.45, 7) is 5.71. The van der Waals surface area contributed by atoms with E-state index in [2.05, 4.69) is 0 Å². The van der Waals surface area contributed by atoms with Gasteiger partial charge < -0.3 is 19.6 Å². The second-order valence-electron chi connectivity index (χ2n) is 9.37. The van der Waals surface area contributed by atoms with Gasteiger partial charge in [0.25, 0.3) is 11.8 Å². The summed E-state index contributed by atoms with van der Waals surface area (Å²) in [5, 5.41) is 0. The Morgan fingerprint density at radius 3 is 2.08 bits per heavy atom. The van der Waals surface area contributed by atoms with Crippen molar-refractivity contribution in [1.29, 1.82) is 0 Å². The van der Waals surface area contributed by atoms with E-state index < -0.39 is 17.3 Å². The Morgan fingerprint density at radius 2 is 1.54 bits per heavy atom. The van der Waals surface area contributed by atoms with Gasteiger partial charge in [-0.2, -0.15) is 13.2 Å². The first-order valence-corrected chi connectivity index (χ1v) is 12.5. The van der Waals surface area contributed by atoms with Crippen molar-refractivity contribution >= 4 is 23.4 Å². The maximum atomic E-state index is 13.8. The van der Waals surface area contributed by atoms with Crippen molar-refractivity contribution in [3.63, 3.8) is 0 Å². The topological polar surface area (TPSA) is 64.2 Å². The van der Waals surface area contributed by atoms with Crippen molar-refractivity contribution in [3.8, 4) is 0 Å². The molecule has 2 heterocycles. The van der Waals surface area contributed by atoms with E-state index >= 15 is 0 Å². The van der Waals surface area contributed by atoms with E-state index in [4.69, 9.17) is 0 Å². The molecule has 37 heavy (non-hydrogen) atoms. The number of hydrogen-bond acceptors (Lipinski definition) is 4. The molecule has 0 aromatic heterocycles. The van der Waals surface area contributed by atoms with Gasteiger partial charge in [0.15, 0.2) is 0 Å². The van der Waals surface area contributed by atoms with Crippen LogP contribution in [0.15, 0.2) is 54.6 Å². The molecule has 2 aromatic rings. The number of halogens is 3. The molecule has 0 unspecified atom stereocenters. The van der Waals surface area contributed by atoms with E-state index in [1.807, 2.05) is 49.1 Å². The van der Waals surface area contributed by atoms with E-state index in [1.54, 1.807) is 14.7 Å². The number of amides is 3. The van der Waals surface area contributed by atoms with Gasteiger partial charge in [-0.1, -0.05) is 18.2 Å². The monoisotopic (exact) mass is 516 g/mol. The fourth-order valence-corrected chi connectivity index (χ4v) is 5.23. The number of likely N-dealkylation sites (N-methyl/N-ethyl adjacent to an activating group) is 1. The first-order valence-electron chi connectivity index (χ1n) is 12.5. The van der Waals surface area contributed by atoms with Gasteiger partial charge in [0.05, 0.1) is 12.2 Å². The highest BCUT2D eigenvalue weighted by Gasteiger charge is 2.54. The molecule has 7 nitrogen and oxygen atoms in total. The molecule has 198 valence electrons. The molecule has 10 heteroatoms. The molecule has 0 bridgehead atoms. The fourth-order valence-electron chi connectivity index (χ4n) is 5.23. The molecule has 0 aliphatic carbocycles. The lowest BCUT2D eigenvalue weighted by atomic mass is 9.85. The predicted octanol–water partition coefficient (Wildman–Crippen LogP) is 3.85. The van der Waals surface area contributed by atoms with Gasteiger partial charge in [-0.05, 0) is 63.1 Å². The van der Waals surface area contributed by atoms with Crippen LogP contribution in [0, 0.1) is 0 Å². The SMILES string of the molecule is CCN(CC)C(=O)CN1CN(c2ccccc2)C2(CCN(C(=O)c3ccc(C(F)(F)F)cc3)CC2)C1=O. The number of piperidine rings is 1. The minimum Gasteiger partial charge on any atom is -0.342 e. The Bertz CT molecular complexity index is 1130. The lowest BCUT2D eigenvalue weighted by molar-refractivity contribution is -0.140. The highest BCUT2D eigenvalue weighted by atomic mass is 19.4. The second-order valence-corrected chi connectivity index (χ2v) is 9.37. The molecular weight excluding hydrogens is 485 g/mol. The van der Waals surface area contributed by atoms with Crippen LogP contribution in [0.3, 0.4) is 0 Å². The van der Waals surface area contributed by atoms with Crippen LogP contribution in [-0.4, -0.2) is 77.4 Å². The number of rotatable bonds is 6. The summed E-state index contributed by atoms with van der Waals surface area (Å²) in [6.07, 6.45) is -3.77. The Kier molecular flexibility index (Phi) is 7.47. The summed E-state index contributed by atoms with van der Waals surface area (Å²) < 4.78 is 38.7. The van der Waals surface area contributed by atoms with E-state index in [1.165, 1.54) is 12.1 Å². The molecule has 0 radical (unpaired) electrons. The minimum absolute atomic E-state index is 0.0141. The number of nitrogens with zero attached hydrogens (tertiary/aromatic N) is 4. The minimum atomic E-state index is -4.47. The van der Waals surface area contributed by atoms with Crippen LogP contribution in [0.1, 0.15) is 42.6 Å². The molecule has 2 aliphatic rings. The number of carbonyl (C=O) groups is 3. The average Bonchev–Trinajstić information content (AvgIpc) is 3.15. The number of anilines is 1. The first kappa shape index (κ1) is 26.5. The lowest BCUT2D eigenvalue weighted by Gasteiger charge is -2.43. The van der Waals surface area contributed by atoms with Gasteiger partial charge in [-0.3, -0.25) is 14.4 Å². The van der Waals surface area contributed by atoms with E-state index in [-0.39, 0.29) is 49.6 Å². The normalized spacial score (nSPS) is 17.4. The number of para-hydroxylation sites is 1. The quantitative estimate of drug-likeness (QED) is 0.585. The van der Waals surface area contributed by atoms with Crippen LogP contribution < -0.4 is 4.90 Å². The van der Waals surface area contributed by atoms with Crippen molar-refractivity contribution in [2.24, 2.45) is 0 Å². The Labute approximate surface area is 214 Å². The van der Waals surface area contributed by atoms with Crippen LogP contribution >= 0.6 is 0 Å². The van der Waals surface area contributed by atoms with Crippen molar-refractivity contribution in [2.45, 2.75) is 38.4 Å².